The highest BCUT2D eigenvalue weighted by Crippen LogP contribution is 2.29. The highest BCUT2D eigenvalue weighted by atomic mass is 35.5. The van der Waals surface area contributed by atoms with Gasteiger partial charge in [0.1, 0.15) is 23.0 Å². The fourth-order valence-electron chi connectivity index (χ4n) is 2.49. The Balaban J connectivity index is 0.00000256. The fraction of sp³-hybridized carbons (Fsp3) is 0.0909. The van der Waals surface area contributed by atoms with E-state index in [-0.39, 0.29) is 24.8 Å². The van der Waals surface area contributed by atoms with Gasteiger partial charge in [-0.2, -0.15) is 0 Å². The lowest BCUT2D eigenvalue weighted by atomic mass is 10.3. The molecule has 0 aliphatic heterocycles. The number of nitrogens with two attached hydrogens (primary N) is 2. The van der Waals surface area contributed by atoms with Crippen LogP contribution in [0.3, 0.4) is 0 Å². The Morgan fingerprint density at radius 3 is 1.34 bits per heavy atom. The van der Waals surface area contributed by atoms with Crippen LogP contribution in [0.2, 0.25) is 0 Å². The summed E-state index contributed by atoms with van der Waals surface area (Å²) in [6.07, 6.45) is 0. The molecule has 0 fully saturated rings. The van der Waals surface area contributed by atoms with Gasteiger partial charge >= 0.3 is 0 Å². The summed E-state index contributed by atoms with van der Waals surface area (Å²) in [5.74, 6) is 3.39. The van der Waals surface area contributed by atoms with Crippen molar-refractivity contribution in [2.24, 2.45) is 21.5 Å². The van der Waals surface area contributed by atoms with Crippen LogP contribution in [-0.2, 0) is 0 Å². The van der Waals surface area contributed by atoms with E-state index in [1.807, 2.05) is 72.8 Å². The summed E-state index contributed by atoms with van der Waals surface area (Å²) in [6, 6.07) is 22.2. The van der Waals surface area contributed by atoms with Crippen LogP contribution in [0.1, 0.15) is 0 Å². The maximum atomic E-state index is 5.91. The molecule has 6 N–H and O–H groups in total. The predicted octanol–water partition coefficient (Wildman–Crippen LogP) is 4.83. The van der Waals surface area contributed by atoms with Gasteiger partial charge < -0.3 is 31.6 Å². The number of aliphatic imine (C=N–C) groups is 2. The van der Waals surface area contributed by atoms with Crippen LogP contribution < -0.4 is 31.6 Å². The number of hydrogen-bond acceptors (Lipinski definition) is 4. The van der Waals surface area contributed by atoms with Crippen LogP contribution in [0.4, 0.5) is 11.4 Å². The van der Waals surface area contributed by atoms with E-state index < -0.39 is 0 Å². The van der Waals surface area contributed by atoms with Gasteiger partial charge in [-0.15, -0.1) is 24.8 Å². The van der Waals surface area contributed by atoms with E-state index in [9.17, 15) is 0 Å². The number of benzene rings is 3. The van der Waals surface area contributed by atoms with E-state index in [1.165, 1.54) is 0 Å². The topological polar surface area (TPSA) is 119 Å². The second-order valence-corrected chi connectivity index (χ2v) is 6.20. The van der Waals surface area contributed by atoms with E-state index in [1.54, 1.807) is 14.1 Å². The molecule has 0 saturated heterocycles. The molecule has 0 heterocycles. The average molecular weight is 477 g/mol. The van der Waals surface area contributed by atoms with Gasteiger partial charge in [-0.05, 0) is 60.7 Å². The summed E-state index contributed by atoms with van der Waals surface area (Å²) in [5.41, 5.74) is 13.0. The van der Waals surface area contributed by atoms with E-state index in [4.69, 9.17) is 20.9 Å². The van der Waals surface area contributed by atoms with Crippen molar-refractivity contribution in [1.82, 2.24) is 0 Å². The molecule has 0 atom stereocenters. The van der Waals surface area contributed by atoms with E-state index in [0.717, 1.165) is 11.4 Å². The van der Waals surface area contributed by atoms with Crippen LogP contribution in [0.15, 0.2) is 82.8 Å². The first-order valence-corrected chi connectivity index (χ1v) is 9.20. The first-order chi connectivity index (χ1) is 14.6. The minimum atomic E-state index is 0. The molecule has 0 spiro atoms. The summed E-state index contributed by atoms with van der Waals surface area (Å²) in [7, 11) is 3.24. The molecule has 0 aromatic heterocycles. The van der Waals surface area contributed by atoms with Crippen molar-refractivity contribution in [3.63, 3.8) is 0 Å². The number of anilines is 2. The van der Waals surface area contributed by atoms with Gasteiger partial charge in [0.05, 0.1) is 0 Å². The molecule has 3 rings (SSSR count). The average Bonchev–Trinajstić information content (AvgIpc) is 2.76. The van der Waals surface area contributed by atoms with Gasteiger partial charge in [-0.25, -0.2) is 0 Å². The number of hydrogen-bond donors (Lipinski definition) is 4. The monoisotopic (exact) mass is 476 g/mol. The Morgan fingerprint density at radius 1 is 0.625 bits per heavy atom. The molecule has 0 aliphatic rings. The second kappa shape index (κ2) is 12.9. The van der Waals surface area contributed by atoms with Crippen molar-refractivity contribution in [2.45, 2.75) is 0 Å². The third-order valence-corrected chi connectivity index (χ3v) is 4.01. The molecule has 0 amide bonds. The lowest BCUT2D eigenvalue weighted by molar-refractivity contribution is 0.460. The molecule has 10 heteroatoms. The van der Waals surface area contributed by atoms with Crippen LogP contribution in [0.25, 0.3) is 0 Å². The quantitative estimate of drug-likeness (QED) is 0.298. The second-order valence-electron chi connectivity index (χ2n) is 6.20. The lowest BCUT2D eigenvalue weighted by Crippen LogP contribution is -2.21. The minimum absolute atomic E-state index is 0. The smallest absolute Gasteiger partial charge is 0.192 e. The minimum Gasteiger partial charge on any atom is -0.457 e. The normalized spacial score (nSPS) is 10.9. The Hall–Kier alpha value is -3.62. The van der Waals surface area contributed by atoms with Crippen LogP contribution in [0.5, 0.6) is 23.0 Å². The van der Waals surface area contributed by atoms with Crippen molar-refractivity contribution >= 4 is 48.1 Å². The molecule has 32 heavy (non-hydrogen) atoms. The zero-order chi connectivity index (χ0) is 21.3. The number of nitrogens with zero attached hydrogens (tertiary/aromatic N) is 2. The standard InChI is InChI=1S/C22H24N6O2.2ClH/c1-25-21(23)27-15-6-10-17(11-7-15)29-19-4-3-5-20(14-19)30-18-12-8-16(9-13-18)28-22(24)26-2;;/h3-14H,1-2H3,(H3,23,25,27)(H3,24,26,28);2*1H. The molecule has 3 aromatic carbocycles. The van der Waals surface area contributed by atoms with Crippen molar-refractivity contribution in [2.75, 3.05) is 24.7 Å². The largest absolute Gasteiger partial charge is 0.457 e. The van der Waals surface area contributed by atoms with Crippen molar-refractivity contribution in [3.8, 4) is 23.0 Å². The van der Waals surface area contributed by atoms with E-state index in [0.29, 0.717) is 34.9 Å². The highest BCUT2D eigenvalue weighted by Gasteiger charge is 2.03. The molecule has 8 nitrogen and oxygen atoms in total. The Labute approximate surface area is 199 Å². The zero-order valence-electron chi connectivity index (χ0n) is 17.6. The SMILES string of the molecule is CN=C(N)Nc1ccc(Oc2cccc(Oc3ccc(NC(N)=NC)cc3)c2)cc1.Cl.Cl. The third-order valence-electron chi connectivity index (χ3n) is 4.01. The molecular formula is C22H26Cl2N6O2. The van der Waals surface area contributed by atoms with Gasteiger partial charge in [0.2, 0.25) is 0 Å². The predicted molar refractivity (Wildman–Crippen MR) is 136 cm³/mol. The molecular weight excluding hydrogens is 451 g/mol. The van der Waals surface area contributed by atoms with Gasteiger partial charge in [0.25, 0.3) is 0 Å². The maximum Gasteiger partial charge on any atom is 0.192 e. The Kier molecular flexibility index (Phi) is 10.7. The summed E-state index contributed by atoms with van der Waals surface area (Å²) in [4.78, 5) is 7.73. The Morgan fingerprint density at radius 2 is 1.00 bits per heavy atom. The van der Waals surface area contributed by atoms with Gasteiger partial charge in [0.15, 0.2) is 11.9 Å². The Bertz CT molecular complexity index is 960. The van der Waals surface area contributed by atoms with Crippen LogP contribution in [0, 0.1) is 0 Å². The zero-order valence-corrected chi connectivity index (χ0v) is 19.2. The number of halogens is 2. The number of rotatable bonds is 6. The molecule has 0 radical (unpaired) electrons. The molecule has 170 valence electrons. The molecule has 0 unspecified atom stereocenters. The summed E-state index contributed by atoms with van der Waals surface area (Å²) in [5, 5.41) is 5.94. The van der Waals surface area contributed by atoms with E-state index in [2.05, 4.69) is 20.6 Å². The molecule has 0 saturated carbocycles. The number of nitrogens with one attached hydrogen (secondary N) is 2. The number of ether oxygens (including phenoxy) is 2. The maximum absolute atomic E-state index is 5.91. The summed E-state index contributed by atoms with van der Waals surface area (Å²) in [6.45, 7) is 0. The van der Waals surface area contributed by atoms with Gasteiger partial charge in [-0.1, -0.05) is 6.07 Å². The van der Waals surface area contributed by atoms with E-state index >= 15 is 0 Å². The van der Waals surface area contributed by atoms with Crippen molar-refractivity contribution < 1.29 is 9.47 Å². The van der Waals surface area contributed by atoms with Crippen LogP contribution in [-0.4, -0.2) is 26.0 Å². The van der Waals surface area contributed by atoms with Crippen molar-refractivity contribution in [1.29, 1.82) is 0 Å². The summed E-state index contributed by atoms with van der Waals surface area (Å²) >= 11 is 0. The summed E-state index contributed by atoms with van der Waals surface area (Å²) < 4.78 is 11.8. The highest BCUT2D eigenvalue weighted by molar-refractivity contribution is 5.92. The molecule has 3 aromatic rings. The fourth-order valence-corrected chi connectivity index (χ4v) is 2.49. The first-order valence-electron chi connectivity index (χ1n) is 9.20. The number of guanidine groups is 2. The van der Waals surface area contributed by atoms with Gasteiger partial charge in [0, 0.05) is 31.5 Å². The lowest BCUT2D eigenvalue weighted by Gasteiger charge is -2.11. The third kappa shape index (κ3) is 7.90. The van der Waals surface area contributed by atoms with Crippen molar-refractivity contribution in [3.05, 3.63) is 72.8 Å². The molecule has 0 aliphatic carbocycles. The first kappa shape index (κ1) is 26.4. The van der Waals surface area contributed by atoms with Gasteiger partial charge in [-0.3, -0.25) is 9.98 Å². The van der Waals surface area contributed by atoms with Crippen LogP contribution >= 0.6 is 24.8 Å². The molecule has 0 bridgehead atoms.